The standard InChI is InChI=1S/C20H27ClN4O3S/c1-4-22-20(26)25-17-7-5-6-13-14(17)8-18(29(27,28)24-10-12(2)3)15-9-19(21)23-11-16(13)15/h8-9,11-12,17,24H,4-7,10H2,1-3H3,(H2,22,25,26). The molecule has 1 aromatic heterocycles. The summed E-state index contributed by atoms with van der Waals surface area (Å²) in [5.41, 5.74) is 1.84. The average molecular weight is 439 g/mol. The van der Waals surface area contributed by atoms with E-state index in [9.17, 15) is 13.2 Å². The number of halogens is 1. The lowest BCUT2D eigenvalue weighted by molar-refractivity contribution is 0.236. The summed E-state index contributed by atoms with van der Waals surface area (Å²) in [6.07, 6.45) is 4.06. The van der Waals surface area contributed by atoms with Crippen LogP contribution in [-0.4, -0.2) is 32.5 Å². The quantitative estimate of drug-likeness (QED) is 0.600. The average Bonchev–Trinajstić information content (AvgIpc) is 2.66. The first-order valence-corrected chi connectivity index (χ1v) is 11.7. The first-order chi connectivity index (χ1) is 13.7. The maximum Gasteiger partial charge on any atom is 0.315 e. The third-order valence-electron chi connectivity index (χ3n) is 5.00. The van der Waals surface area contributed by atoms with E-state index in [0.717, 1.165) is 35.8 Å². The van der Waals surface area contributed by atoms with Crippen LogP contribution < -0.4 is 15.4 Å². The highest BCUT2D eigenvalue weighted by Gasteiger charge is 2.28. The van der Waals surface area contributed by atoms with Gasteiger partial charge in [0.15, 0.2) is 0 Å². The molecule has 1 aromatic carbocycles. The van der Waals surface area contributed by atoms with Crippen molar-refractivity contribution in [1.82, 2.24) is 20.3 Å². The normalized spacial score (nSPS) is 16.7. The summed E-state index contributed by atoms with van der Waals surface area (Å²) in [6.45, 7) is 6.59. The van der Waals surface area contributed by atoms with E-state index in [4.69, 9.17) is 11.6 Å². The summed E-state index contributed by atoms with van der Waals surface area (Å²) in [5, 5.41) is 7.26. The highest BCUT2D eigenvalue weighted by molar-refractivity contribution is 7.89. The molecule has 158 valence electrons. The number of amides is 2. The van der Waals surface area contributed by atoms with Crippen LogP contribution in [0.4, 0.5) is 4.79 Å². The fourth-order valence-electron chi connectivity index (χ4n) is 3.66. The van der Waals surface area contributed by atoms with E-state index in [1.54, 1.807) is 18.3 Å². The molecule has 1 aliphatic carbocycles. The second kappa shape index (κ2) is 8.85. The van der Waals surface area contributed by atoms with Gasteiger partial charge in [-0.05, 0) is 55.4 Å². The maximum atomic E-state index is 13.1. The van der Waals surface area contributed by atoms with Crippen LogP contribution in [0, 0.1) is 5.92 Å². The number of hydrogen-bond donors (Lipinski definition) is 3. The second-order valence-corrected chi connectivity index (χ2v) is 9.81. The zero-order chi connectivity index (χ0) is 21.2. The van der Waals surface area contributed by atoms with Crippen molar-refractivity contribution in [2.45, 2.75) is 51.0 Å². The van der Waals surface area contributed by atoms with Gasteiger partial charge in [-0.15, -0.1) is 0 Å². The summed E-state index contributed by atoms with van der Waals surface area (Å²) in [5.74, 6) is 0.172. The number of sulfonamides is 1. The van der Waals surface area contributed by atoms with E-state index < -0.39 is 10.0 Å². The number of pyridine rings is 1. The van der Waals surface area contributed by atoms with Crippen molar-refractivity contribution in [3.05, 3.63) is 34.6 Å². The van der Waals surface area contributed by atoms with E-state index >= 15 is 0 Å². The third kappa shape index (κ3) is 4.82. The molecule has 3 rings (SSSR count). The van der Waals surface area contributed by atoms with E-state index in [-0.39, 0.29) is 28.0 Å². The Morgan fingerprint density at radius 1 is 1.31 bits per heavy atom. The third-order valence-corrected chi connectivity index (χ3v) is 6.68. The van der Waals surface area contributed by atoms with Gasteiger partial charge in [0.2, 0.25) is 10.0 Å². The molecule has 2 aromatic rings. The van der Waals surface area contributed by atoms with Gasteiger partial charge in [0, 0.05) is 30.1 Å². The van der Waals surface area contributed by atoms with Crippen LogP contribution >= 0.6 is 11.6 Å². The molecular formula is C20H27ClN4O3S. The number of urea groups is 1. The molecule has 1 aliphatic rings. The lowest BCUT2D eigenvalue weighted by Gasteiger charge is -2.28. The highest BCUT2D eigenvalue weighted by atomic mass is 35.5. The number of carbonyl (C=O) groups excluding carboxylic acids is 1. The van der Waals surface area contributed by atoms with E-state index in [2.05, 4.69) is 20.3 Å². The molecule has 0 spiro atoms. The number of hydrogen-bond acceptors (Lipinski definition) is 4. The summed E-state index contributed by atoms with van der Waals surface area (Å²) in [7, 11) is -3.76. The minimum atomic E-state index is -3.76. The minimum absolute atomic E-state index is 0.167. The van der Waals surface area contributed by atoms with Gasteiger partial charge in [-0.3, -0.25) is 0 Å². The van der Waals surface area contributed by atoms with Gasteiger partial charge in [0.25, 0.3) is 0 Å². The summed E-state index contributed by atoms with van der Waals surface area (Å²) in [6, 6.07) is 2.76. The van der Waals surface area contributed by atoms with Crippen molar-refractivity contribution in [3.8, 4) is 0 Å². The zero-order valence-electron chi connectivity index (χ0n) is 16.9. The molecule has 3 N–H and O–H groups in total. The summed E-state index contributed by atoms with van der Waals surface area (Å²) in [4.78, 5) is 16.5. The Kier molecular flexibility index (Phi) is 6.65. The molecule has 0 bridgehead atoms. The number of nitrogens with one attached hydrogen (secondary N) is 3. The smallest absolute Gasteiger partial charge is 0.315 e. The first-order valence-electron chi connectivity index (χ1n) is 9.88. The van der Waals surface area contributed by atoms with Crippen molar-refractivity contribution in [2.75, 3.05) is 13.1 Å². The van der Waals surface area contributed by atoms with Gasteiger partial charge in [0.1, 0.15) is 5.15 Å². The first kappa shape index (κ1) is 21.8. The molecule has 0 fully saturated rings. The lowest BCUT2D eigenvalue weighted by atomic mass is 9.85. The largest absolute Gasteiger partial charge is 0.338 e. The molecule has 0 aliphatic heterocycles. The fourth-order valence-corrected chi connectivity index (χ4v) is 5.27. The Balaban J connectivity index is 2.16. The van der Waals surface area contributed by atoms with Crippen LogP contribution in [0.15, 0.2) is 23.2 Å². The molecule has 1 heterocycles. The van der Waals surface area contributed by atoms with Crippen LogP contribution in [0.3, 0.4) is 0 Å². The van der Waals surface area contributed by atoms with Crippen molar-refractivity contribution in [2.24, 2.45) is 5.92 Å². The Bertz CT molecular complexity index is 1020. The molecule has 0 saturated carbocycles. The Labute approximate surface area is 176 Å². The topological polar surface area (TPSA) is 100 Å². The van der Waals surface area contributed by atoms with Crippen LogP contribution in [0.5, 0.6) is 0 Å². The van der Waals surface area contributed by atoms with E-state index in [1.165, 1.54) is 0 Å². The SMILES string of the molecule is CCNC(=O)NC1CCCc2c1cc(S(=O)(=O)NCC(C)C)c1cc(Cl)ncc21. The summed E-state index contributed by atoms with van der Waals surface area (Å²) < 4.78 is 28.9. The lowest BCUT2D eigenvalue weighted by Crippen LogP contribution is -2.39. The monoisotopic (exact) mass is 438 g/mol. The molecule has 29 heavy (non-hydrogen) atoms. The number of carbonyl (C=O) groups is 1. The molecule has 1 unspecified atom stereocenters. The fraction of sp³-hybridized carbons (Fsp3) is 0.500. The van der Waals surface area contributed by atoms with Gasteiger partial charge >= 0.3 is 6.03 Å². The van der Waals surface area contributed by atoms with Gasteiger partial charge < -0.3 is 10.6 Å². The van der Waals surface area contributed by atoms with Crippen LogP contribution in [-0.2, 0) is 16.4 Å². The van der Waals surface area contributed by atoms with Gasteiger partial charge in [-0.25, -0.2) is 22.9 Å². The Hall–Kier alpha value is -1.90. The molecule has 0 saturated heterocycles. The number of benzene rings is 1. The van der Waals surface area contributed by atoms with E-state index in [0.29, 0.717) is 18.5 Å². The highest BCUT2D eigenvalue weighted by Crippen LogP contribution is 2.38. The number of rotatable bonds is 6. The van der Waals surface area contributed by atoms with Crippen LogP contribution in [0.25, 0.3) is 10.8 Å². The molecule has 9 heteroatoms. The Morgan fingerprint density at radius 2 is 2.07 bits per heavy atom. The second-order valence-electron chi connectivity index (χ2n) is 7.69. The minimum Gasteiger partial charge on any atom is -0.338 e. The number of aryl methyl sites for hydroxylation is 1. The van der Waals surface area contributed by atoms with Crippen molar-refractivity contribution >= 4 is 38.4 Å². The Morgan fingerprint density at radius 3 is 2.76 bits per heavy atom. The van der Waals surface area contributed by atoms with Crippen molar-refractivity contribution < 1.29 is 13.2 Å². The molecule has 1 atom stereocenters. The van der Waals surface area contributed by atoms with Gasteiger partial charge in [0.05, 0.1) is 10.9 Å². The van der Waals surface area contributed by atoms with Crippen molar-refractivity contribution in [1.29, 1.82) is 0 Å². The molecule has 0 radical (unpaired) electrons. The van der Waals surface area contributed by atoms with Gasteiger partial charge in [-0.2, -0.15) is 0 Å². The van der Waals surface area contributed by atoms with Crippen LogP contribution in [0.1, 0.15) is 50.8 Å². The molecular weight excluding hydrogens is 412 g/mol. The van der Waals surface area contributed by atoms with Crippen molar-refractivity contribution in [3.63, 3.8) is 0 Å². The molecule has 2 amide bonds. The predicted octanol–water partition coefficient (Wildman–Crippen LogP) is 3.52. The molecule has 7 nitrogen and oxygen atoms in total. The van der Waals surface area contributed by atoms with Crippen LogP contribution in [0.2, 0.25) is 5.15 Å². The number of aromatic nitrogens is 1. The van der Waals surface area contributed by atoms with E-state index in [1.807, 2.05) is 20.8 Å². The maximum absolute atomic E-state index is 13.1. The number of nitrogens with zero attached hydrogens (tertiary/aromatic N) is 1. The summed E-state index contributed by atoms with van der Waals surface area (Å²) >= 11 is 6.09. The zero-order valence-corrected chi connectivity index (χ0v) is 18.5. The number of fused-ring (bicyclic) bond motifs is 3. The predicted molar refractivity (Wildman–Crippen MR) is 115 cm³/mol. The van der Waals surface area contributed by atoms with Gasteiger partial charge in [-0.1, -0.05) is 25.4 Å².